The minimum Gasteiger partial charge on any atom is -0.338 e. The lowest BCUT2D eigenvalue weighted by molar-refractivity contribution is -0.117. The van der Waals surface area contributed by atoms with Gasteiger partial charge in [-0.3, -0.25) is 10.1 Å². The summed E-state index contributed by atoms with van der Waals surface area (Å²) in [6.07, 6.45) is 2.63. The molecule has 0 unspecified atom stereocenters. The number of unbranched alkanes of at least 4 members (excludes halogenated alkanes) is 1. The van der Waals surface area contributed by atoms with Gasteiger partial charge in [-0.2, -0.15) is 0 Å². The molecule has 0 aliphatic carbocycles. The predicted molar refractivity (Wildman–Crippen MR) is 99.7 cm³/mol. The van der Waals surface area contributed by atoms with Gasteiger partial charge in [-0.25, -0.2) is 9.78 Å². The first-order chi connectivity index (χ1) is 12.1. The second kappa shape index (κ2) is 9.88. The molecule has 2 aromatic rings. The van der Waals surface area contributed by atoms with Crippen LogP contribution in [0.1, 0.15) is 36.7 Å². The van der Waals surface area contributed by atoms with Crippen molar-refractivity contribution in [3.05, 3.63) is 47.3 Å². The number of aromatic nitrogens is 2. The molecule has 1 heterocycles. The van der Waals surface area contributed by atoms with Gasteiger partial charge in [-0.1, -0.05) is 55.4 Å². The number of amides is 3. The summed E-state index contributed by atoms with van der Waals surface area (Å²) >= 11 is 1.29. The molecule has 0 aliphatic rings. The van der Waals surface area contributed by atoms with Crippen LogP contribution in [0.2, 0.25) is 0 Å². The number of thioether (sulfide) groups is 1. The zero-order valence-corrected chi connectivity index (χ0v) is 15.4. The third-order valence-corrected chi connectivity index (χ3v) is 4.46. The number of imide groups is 1. The van der Waals surface area contributed by atoms with Gasteiger partial charge in [-0.05, 0) is 18.9 Å². The standard InChI is InChI=1S/C18H24N4O2S/c1-3-4-10-19-17(24)22-16(23)12-25-18-20-13(2)15(21-18)11-14-8-6-5-7-9-14/h5-9H,3-4,10-12H2,1-2H3,(H,20,21)(H2,19,22,23,24). The van der Waals surface area contributed by atoms with E-state index in [2.05, 4.69) is 32.7 Å². The summed E-state index contributed by atoms with van der Waals surface area (Å²) in [6.45, 7) is 4.58. The third-order valence-electron chi connectivity index (χ3n) is 3.59. The van der Waals surface area contributed by atoms with E-state index in [0.29, 0.717) is 11.7 Å². The van der Waals surface area contributed by atoms with E-state index in [-0.39, 0.29) is 11.7 Å². The van der Waals surface area contributed by atoms with Crippen molar-refractivity contribution in [2.45, 2.75) is 38.3 Å². The fourth-order valence-electron chi connectivity index (χ4n) is 2.22. The van der Waals surface area contributed by atoms with Crippen molar-refractivity contribution in [2.24, 2.45) is 0 Å². The summed E-state index contributed by atoms with van der Waals surface area (Å²) in [5.41, 5.74) is 3.14. The number of nitrogens with one attached hydrogen (secondary N) is 3. The minimum atomic E-state index is -0.445. The van der Waals surface area contributed by atoms with Crippen molar-refractivity contribution in [1.82, 2.24) is 20.6 Å². The molecule has 0 radical (unpaired) electrons. The molecule has 0 saturated heterocycles. The Morgan fingerprint density at radius 3 is 2.72 bits per heavy atom. The molecular formula is C18H24N4O2S. The van der Waals surface area contributed by atoms with Gasteiger partial charge in [0.1, 0.15) is 0 Å². The van der Waals surface area contributed by atoms with Crippen molar-refractivity contribution in [1.29, 1.82) is 0 Å². The smallest absolute Gasteiger partial charge is 0.321 e. The number of nitrogens with zero attached hydrogens (tertiary/aromatic N) is 1. The number of benzene rings is 1. The third kappa shape index (κ3) is 6.62. The molecule has 2 rings (SSSR count). The second-order valence-corrected chi connectivity index (χ2v) is 6.69. The maximum atomic E-state index is 11.8. The number of H-pyrrole nitrogens is 1. The first kappa shape index (κ1) is 19.1. The Hall–Kier alpha value is -2.28. The fourth-order valence-corrected chi connectivity index (χ4v) is 2.96. The summed E-state index contributed by atoms with van der Waals surface area (Å²) < 4.78 is 0. The lowest BCUT2D eigenvalue weighted by atomic mass is 10.1. The van der Waals surface area contributed by atoms with Crippen LogP contribution in [-0.2, 0) is 11.2 Å². The van der Waals surface area contributed by atoms with Crippen LogP contribution >= 0.6 is 11.8 Å². The van der Waals surface area contributed by atoms with Crippen LogP contribution in [0.15, 0.2) is 35.5 Å². The summed E-state index contributed by atoms with van der Waals surface area (Å²) in [7, 11) is 0. The Labute approximate surface area is 152 Å². The molecule has 1 aromatic heterocycles. The quantitative estimate of drug-likeness (QED) is 0.499. The molecule has 0 saturated carbocycles. The zero-order valence-electron chi connectivity index (χ0n) is 14.6. The minimum absolute atomic E-state index is 0.138. The molecule has 25 heavy (non-hydrogen) atoms. The number of aromatic amines is 1. The van der Waals surface area contributed by atoms with E-state index in [9.17, 15) is 9.59 Å². The van der Waals surface area contributed by atoms with E-state index in [1.54, 1.807) is 0 Å². The van der Waals surface area contributed by atoms with Gasteiger partial charge in [0.25, 0.3) is 0 Å². The van der Waals surface area contributed by atoms with Crippen molar-refractivity contribution < 1.29 is 9.59 Å². The summed E-state index contributed by atoms with van der Waals surface area (Å²) in [5.74, 6) is -0.198. The monoisotopic (exact) mass is 360 g/mol. The van der Waals surface area contributed by atoms with Gasteiger partial charge >= 0.3 is 6.03 Å². The van der Waals surface area contributed by atoms with Crippen LogP contribution in [0, 0.1) is 6.92 Å². The lowest BCUT2D eigenvalue weighted by Crippen LogP contribution is -2.40. The Morgan fingerprint density at radius 2 is 2.00 bits per heavy atom. The molecule has 0 spiro atoms. The highest BCUT2D eigenvalue weighted by Crippen LogP contribution is 2.18. The molecule has 0 aliphatic heterocycles. The number of imidazole rings is 1. The summed E-state index contributed by atoms with van der Waals surface area (Å²) in [5, 5.41) is 5.65. The molecule has 0 atom stereocenters. The second-order valence-electron chi connectivity index (χ2n) is 5.72. The number of hydrogen-bond acceptors (Lipinski definition) is 4. The zero-order chi connectivity index (χ0) is 18.1. The maximum absolute atomic E-state index is 11.8. The number of rotatable bonds is 8. The Kier molecular flexibility index (Phi) is 7.53. The fraction of sp³-hybridized carbons (Fsp3) is 0.389. The van der Waals surface area contributed by atoms with Crippen molar-refractivity contribution >= 4 is 23.7 Å². The van der Waals surface area contributed by atoms with Crippen LogP contribution < -0.4 is 10.6 Å². The Morgan fingerprint density at radius 1 is 1.24 bits per heavy atom. The van der Waals surface area contributed by atoms with E-state index in [4.69, 9.17) is 0 Å². The van der Waals surface area contributed by atoms with Crippen LogP contribution in [0.3, 0.4) is 0 Å². The normalized spacial score (nSPS) is 10.5. The SMILES string of the molecule is CCCCNC(=O)NC(=O)CSc1nc(Cc2ccccc2)c(C)[nH]1. The van der Waals surface area contributed by atoms with Crippen molar-refractivity contribution in [3.8, 4) is 0 Å². The van der Waals surface area contributed by atoms with Gasteiger partial charge in [0.2, 0.25) is 5.91 Å². The van der Waals surface area contributed by atoms with Gasteiger partial charge in [0.15, 0.2) is 5.16 Å². The number of carbonyl (C=O) groups excluding carboxylic acids is 2. The average Bonchev–Trinajstić information content (AvgIpc) is 2.94. The first-order valence-corrected chi connectivity index (χ1v) is 9.37. The highest BCUT2D eigenvalue weighted by molar-refractivity contribution is 7.99. The summed E-state index contributed by atoms with van der Waals surface area (Å²) in [4.78, 5) is 31.1. The maximum Gasteiger partial charge on any atom is 0.321 e. The van der Waals surface area contributed by atoms with Crippen LogP contribution in [0.25, 0.3) is 0 Å². The molecule has 0 bridgehead atoms. The topological polar surface area (TPSA) is 86.9 Å². The molecule has 3 amide bonds. The highest BCUT2D eigenvalue weighted by Gasteiger charge is 2.11. The van der Waals surface area contributed by atoms with Gasteiger partial charge < -0.3 is 10.3 Å². The highest BCUT2D eigenvalue weighted by atomic mass is 32.2. The molecule has 7 heteroatoms. The number of carbonyl (C=O) groups is 2. The number of hydrogen-bond donors (Lipinski definition) is 3. The summed E-state index contributed by atoms with van der Waals surface area (Å²) in [6, 6.07) is 9.67. The van der Waals surface area contributed by atoms with Crippen LogP contribution in [0.4, 0.5) is 4.79 Å². The van der Waals surface area contributed by atoms with E-state index in [0.717, 1.165) is 30.7 Å². The van der Waals surface area contributed by atoms with E-state index < -0.39 is 6.03 Å². The van der Waals surface area contributed by atoms with Crippen LogP contribution in [0.5, 0.6) is 0 Å². The number of aryl methyl sites for hydroxylation is 1. The van der Waals surface area contributed by atoms with Gasteiger partial charge in [0.05, 0.1) is 11.4 Å². The van der Waals surface area contributed by atoms with Crippen molar-refractivity contribution in [2.75, 3.05) is 12.3 Å². The Bertz CT molecular complexity index is 700. The Balaban J connectivity index is 1.80. The molecule has 0 fully saturated rings. The molecule has 6 nitrogen and oxygen atoms in total. The number of urea groups is 1. The van der Waals surface area contributed by atoms with E-state index >= 15 is 0 Å². The van der Waals surface area contributed by atoms with E-state index in [1.165, 1.54) is 17.3 Å². The largest absolute Gasteiger partial charge is 0.338 e. The molecule has 134 valence electrons. The molecule has 3 N–H and O–H groups in total. The van der Waals surface area contributed by atoms with Crippen molar-refractivity contribution in [3.63, 3.8) is 0 Å². The first-order valence-electron chi connectivity index (χ1n) is 8.38. The van der Waals surface area contributed by atoms with Crippen LogP contribution in [-0.4, -0.2) is 34.2 Å². The lowest BCUT2D eigenvalue weighted by Gasteiger charge is -2.05. The predicted octanol–water partition coefficient (Wildman–Crippen LogP) is 3.03. The molecule has 1 aromatic carbocycles. The van der Waals surface area contributed by atoms with E-state index in [1.807, 2.05) is 32.0 Å². The van der Waals surface area contributed by atoms with Gasteiger partial charge in [-0.15, -0.1) is 0 Å². The molecular weight excluding hydrogens is 336 g/mol. The van der Waals surface area contributed by atoms with Gasteiger partial charge in [0, 0.05) is 18.7 Å². The average molecular weight is 360 g/mol.